The third-order valence-electron chi connectivity index (χ3n) is 3.25. The second kappa shape index (κ2) is 12.5. The molecule has 6 heteroatoms. The van der Waals surface area contributed by atoms with Gasteiger partial charge in [-0.1, -0.05) is 37.6 Å². The lowest BCUT2D eigenvalue weighted by molar-refractivity contribution is 0.139. The predicted octanol–water partition coefficient (Wildman–Crippen LogP) is 4.64. The van der Waals surface area contributed by atoms with Crippen molar-refractivity contribution >= 4 is 35.6 Å². The van der Waals surface area contributed by atoms with Gasteiger partial charge in [0.05, 0.1) is 13.2 Å². The minimum Gasteiger partial charge on any atom is -0.457 e. The summed E-state index contributed by atoms with van der Waals surface area (Å²) in [7, 11) is 0. The topological polar surface area (TPSA) is 68.9 Å². The van der Waals surface area contributed by atoms with Crippen molar-refractivity contribution in [3.8, 4) is 11.5 Å². The maximum atomic E-state index is 5.89. The zero-order valence-electron chi connectivity index (χ0n) is 14.5. The van der Waals surface area contributed by atoms with Gasteiger partial charge < -0.3 is 20.5 Å². The van der Waals surface area contributed by atoms with Gasteiger partial charge in [0.15, 0.2) is 5.96 Å². The van der Waals surface area contributed by atoms with Gasteiger partial charge in [-0.25, -0.2) is 0 Å². The first-order valence-corrected chi connectivity index (χ1v) is 8.25. The standard InChI is InChI=1S/C19H25N3O2.HI/c1-2-3-13-23-14-12-21-19(20)22-16-8-7-11-18(15-16)24-17-9-5-4-6-10-17;/h4-11,15H,2-3,12-14H2,1H3,(H3,20,21,22);1H. The number of halogens is 1. The van der Waals surface area contributed by atoms with Crippen LogP contribution in [-0.4, -0.2) is 25.7 Å². The molecule has 0 radical (unpaired) electrons. The van der Waals surface area contributed by atoms with Gasteiger partial charge in [0, 0.05) is 18.4 Å². The predicted molar refractivity (Wildman–Crippen MR) is 114 cm³/mol. The third kappa shape index (κ3) is 8.74. The number of para-hydroxylation sites is 1. The van der Waals surface area contributed by atoms with Crippen molar-refractivity contribution in [2.45, 2.75) is 19.8 Å². The van der Waals surface area contributed by atoms with Crippen LogP contribution in [0.15, 0.2) is 59.6 Å². The maximum Gasteiger partial charge on any atom is 0.193 e. The van der Waals surface area contributed by atoms with Crippen LogP contribution in [0.5, 0.6) is 11.5 Å². The minimum atomic E-state index is 0. The number of nitrogens with zero attached hydrogens (tertiary/aromatic N) is 1. The summed E-state index contributed by atoms with van der Waals surface area (Å²) in [5.74, 6) is 1.90. The lowest BCUT2D eigenvalue weighted by Gasteiger charge is -2.09. The number of nitrogens with one attached hydrogen (secondary N) is 1. The van der Waals surface area contributed by atoms with Crippen LogP contribution in [0.4, 0.5) is 5.69 Å². The molecule has 25 heavy (non-hydrogen) atoms. The molecule has 0 heterocycles. The summed E-state index contributed by atoms with van der Waals surface area (Å²) < 4.78 is 11.2. The summed E-state index contributed by atoms with van der Waals surface area (Å²) in [4.78, 5) is 4.25. The van der Waals surface area contributed by atoms with Gasteiger partial charge >= 0.3 is 0 Å². The molecule has 0 atom stereocenters. The zero-order chi connectivity index (χ0) is 17.0. The van der Waals surface area contributed by atoms with Gasteiger partial charge in [0.1, 0.15) is 11.5 Å². The summed E-state index contributed by atoms with van der Waals surface area (Å²) in [6.45, 7) is 4.04. The first-order valence-electron chi connectivity index (χ1n) is 8.25. The number of ether oxygens (including phenoxy) is 2. The van der Waals surface area contributed by atoms with Gasteiger partial charge in [0.2, 0.25) is 0 Å². The van der Waals surface area contributed by atoms with E-state index in [0.29, 0.717) is 19.1 Å². The Labute approximate surface area is 166 Å². The first-order chi connectivity index (χ1) is 11.8. The lowest BCUT2D eigenvalue weighted by atomic mass is 10.3. The molecule has 0 bridgehead atoms. The molecule has 2 aromatic carbocycles. The molecule has 3 N–H and O–H groups in total. The fourth-order valence-electron chi connectivity index (χ4n) is 2.03. The second-order valence-corrected chi connectivity index (χ2v) is 5.30. The van der Waals surface area contributed by atoms with Crippen molar-refractivity contribution in [1.29, 1.82) is 0 Å². The molecule has 0 aromatic heterocycles. The van der Waals surface area contributed by atoms with Crippen LogP contribution < -0.4 is 15.8 Å². The highest BCUT2D eigenvalue weighted by Crippen LogP contribution is 2.23. The highest BCUT2D eigenvalue weighted by molar-refractivity contribution is 14.0. The van der Waals surface area contributed by atoms with Gasteiger partial charge in [-0.3, -0.25) is 4.99 Å². The minimum absolute atomic E-state index is 0. The van der Waals surface area contributed by atoms with Crippen molar-refractivity contribution in [3.63, 3.8) is 0 Å². The van der Waals surface area contributed by atoms with Crippen LogP contribution in [-0.2, 0) is 4.74 Å². The van der Waals surface area contributed by atoms with E-state index >= 15 is 0 Å². The van der Waals surface area contributed by atoms with Crippen LogP contribution >= 0.6 is 24.0 Å². The molecule has 5 nitrogen and oxygen atoms in total. The Kier molecular flexibility index (Phi) is 10.7. The van der Waals surface area contributed by atoms with Crippen molar-refractivity contribution in [2.24, 2.45) is 10.7 Å². The van der Waals surface area contributed by atoms with E-state index in [9.17, 15) is 0 Å². The van der Waals surface area contributed by atoms with E-state index in [-0.39, 0.29) is 24.0 Å². The van der Waals surface area contributed by atoms with Gasteiger partial charge in [0.25, 0.3) is 0 Å². The second-order valence-electron chi connectivity index (χ2n) is 5.30. The number of rotatable bonds is 9. The van der Waals surface area contributed by atoms with Crippen molar-refractivity contribution in [1.82, 2.24) is 0 Å². The van der Waals surface area contributed by atoms with E-state index < -0.39 is 0 Å². The highest BCUT2D eigenvalue weighted by atomic mass is 127. The number of aliphatic imine (C=N–C) groups is 1. The molecule has 0 aliphatic rings. The third-order valence-corrected chi connectivity index (χ3v) is 3.25. The van der Waals surface area contributed by atoms with E-state index in [0.717, 1.165) is 36.6 Å². The Hall–Kier alpha value is -1.80. The summed E-state index contributed by atoms with van der Waals surface area (Å²) in [6.07, 6.45) is 2.21. The lowest BCUT2D eigenvalue weighted by Crippen LogP contribution is -2.23. The molecule has 0 aliphatic carbocycles. The number of hydrogen-bond donors (Lipinski definition) is 2. The van der Waals surface area contributed by atoms with Crippen molar-refractivity contribution in [3.05, 3.63) is 54.6 Å². The number of anilines is 1. The molecule has 0 saturated carbocycles. The van der Waals surface area contributed by atoms with Crippen molar-refractivity contribution in [2.75, 3.05) is 25.1 Å². The van der Waals surface area contributed by atoms with E-state index in [1.807, 2.05) is 54.6 Å². The molecule has 2 aromatic rings. The largest absolute Gasteiger partial charge is 0.457 e. The van der Waals surface area contributed by atoms with Gasteiger partial charge in [-0.2, -0.15) is 0 Å². The Bertz CT molecular complexity index is 636. The number of unbranched alkanes of at least 4 members (excludes halogenated alkanes) is 1. The van der Waals surface area contributed by atoms with Crippen molar-refractivity contribution < 1.29 is 9.47 Å². The molecule has 0 unspecified atom stereocenters. The van der Waals surface area contributed by atoms with E-state index in [1.54, 1.807) is 0 Å². The molecular formula is C19H26IN3O2. The maximum absolute atomic E-state index is 5.89. The number of hydrogen-bond acceptors (Lipinski definition) is 3. The molecule has 136 valence electrons. The number of nitrogens with two attached hydrogens (primary N) is 1. The fraction of sp³-hybridized carbons (Fsp3) is 0.316. The average Bonchev–Trinajstić information content (AvgIpc) is 2.59. The van der Waals surface area contributed by atoms with E-state index in [4.69, 9.17) is 15.2 Å². The molecule has 0 amide bonds. The van der Waals surface area contributed by atoms with Gasteiger partial charge in [-0.05, 0) is 30.7 Å². The summed E-state index contributed by atoms with van der Waals surface area (Å²) in [6, 6.07) is 17.2. The van der Waals surface area contributed by atoms with Crippen LogP contribution in [0.3, 0.4) is 0 Å². The smallest absolute Gasteiger partial charge is 0.193 e. The Morgan fingerprint density at radius 1 is 1.04 bits per heavy atom. The monoisotopic (exact) mass is 455 g/mol. The Morgan fingerprint density at radius 2 is 1.80 bits per heavy atom. The van der Waals surface area contributed by atoms with Crippen LogP contribution in [0.1, 0.15) is 19.8 Å². The van der Waals surface area contributed by atoms with Gasteiger partial charge in [-0.15, -0.1) is 24.0 Å². The molecule has 2 rings (SSSR count). The Morgan fingerprint density at radius 3 is 2.56 bits per heavy atom. The van der Waals surface area contributed by atoms with Crippen LogP contribution in [0.2, 0.25) is 0 Å². The molecule has 0 saturated heterocycles. The molecule has 0 spiro atoms. The fourth-order valence-corrected chi connectivity index (χ4v) is 2.03. The Balaban J connectivity index is 0.00000312. The SMILES string of the molecule is CCCCOCCN=C(N)Nc1cccc(Oc2ccccc2)c1.I. The summed E-state index contributed by atoms with van der Waals surface area (Å²) in [5, 5.41) is 3.06. The molecule has 0 fully saturated rings. The highest BCUT2D eigenvalue weighted by Gasteiger charge is 2.00. The quantitative estimate of drug-likeness (QED) is 0.250. The average molecular weight is 455 g/mol. The number of benzene rings is 2. The summed E-state index contributed by atoms with van der Waals surface area (Å²) in [5.41, 5.74) is 6.72. The number of guanidine groups is 1. The zero-order valence-corrected chi connectivity index (χ0v) is 16.8. The summed E-state index contributed by atoms with van der Waals surface area (Å²) >= 11 is 0. The van der Waals surface area contributed by atoms with E-state index in [2.05, 4.69) is 17.2 Å². The van der Waals surface area contributed by atoms with Crippen LogP contribution in [0, 0.1) is 0 Å². The normalized spacial score (nSPS) is 10.8. The van der Waals surface area contributed by atoms with E-state index in [1.165, 1.54) is 0 Å². The molecular weight excluding hydrogens is 429 g/mol. The first kappa shape index (κ1) is 21.2. The van der Waals surface area contributed by atoms with Crippen LogP contribution in [0.25, 0.3) is 0 Å². The molecule has 0 aliphatic heterocycles.